The van der Waals surface area contributed by atoms with E-state index in [0.717, 1.165) is 36.8 Å². The van der Waals surface area contributed by atoms with Crippen LogP contribution in [0.3, 0.4) is 0 Å². The fourth-order valence-corrected chi connectivity index (χ4v) is 5.28. The number of aryl methyl sites for hydroxylation is 1. The predicted octanol–water partition coefficient (Wildman–Crippen LogP) is 5.89. The first-order valence-corrected chi connectivity index (χ1v) is 13.0. The van der Waals surface area contributed by atoms with Crippen LogP contribution in [0.15, 0.2) is 42.5 Å². The Morgan fingerprint density at radius 2 is 1.85 bits per heavy atom. The molecule has 4 nitrogen and oxygen atoms in total. The topological polar surface area (TPSA) is 49.4 Å². The van der Waals surface area contributed by atoms with E-state index in [4.69, 9.17) is 11.6 Å². The molecule has 0 saturated heterocycles. The van der Waals surface area contributed by atoms with Gasteiger partial charge in [-0.15, -0.1) is 11.8 Å². The van der Waals surface area contributed by atoms with Gasteiger partial charge in [0.05, 0.1) is 5.75 Å². The lowest BCUT2D eigenvalue weighted by atomic mass is 9.95. The van der Waals surface area contributed by atoms with Crippen molar-refractivity contribution in [1.82, 2.24) is 10.2 Å². The number of amides is 2. The number of hydrogen-bond acceptors (Lipinski definition) is 3. The first-order valence-electron chi connectivity index (χ1n) is 11.5. The summed E-state index contributed by atoms with van der Waals surface area (Å²) in [6.07, 6.45) is 5.44. The molecule has 1 aliphatic carbocycles. The van der Waals surface area contributed by atoms with Crippen LogP contribution in [0.2, 0.25) is 5.02 Å². The van der Waals surface area contributed by atoms with Crippen molar-refractivity contribution in [2.45, 2.75) is 70.3 Å². The number of rotatable bonds is 9. The second-order valence-corrected chi connectivity index (χ2v) is 10.1. The maximum Gasteiger partial charge on any atom is 0.242 e. The molecule has 1 N–H and O–H groups in total. The molecule has 178 valence electrons. The molecule has 1 aliphatic rings. The van der Waals surface area contributed by atoms with Crippen molar-refractivity contribution in [2.24, 2.45) is 0 Å². The van der Waals surface area contributed by atoms with Crippen molar-refractivity contribution in [1.29, 1.82) is 0 Å². The highest BCUT2D eigenvalue weighted by Crippen LogP contribution is 2.25. The van der Waals surface area contributed by atoms with Gasteiger partial charge in [-0.2, -0.15) is 0 Å². The first kappa shape index (κ1) is 25.6. The summed E-state index contributed by atoms with van der Waals surface area (Å²) < 4.78 is 14.1. The molecule has 2 amide bonds. The fraction of sp³-hybridized carbons (Fsp3) is 0.462. The van der Waals surface area contributed by atoms with Crippen molar-refractivity contribution < 1.29 is 14.0 Å². The largest absolute Gasteiger partial charge is 0.352 e. The van der Waals surface area contributed by atoms with Crippen molar-refractivity contribution in [3.05, 3.63) is 70.0 Å². The van der Waals surface area contributed by atoms with Gasteiger partial charge in [0.1, 0.15) is 11.9 Å². The Morgan fingerprint density at radius 3 is 2.52 bits per heavy atom. The van der Waals surface area contributed by atoms with Gasteiger partial charge in [0.15, 0.2) is 0 Å². The molecule has 1 atom stereocenters. The zero-order valence-electron chi connectivity index (χ0n) is 19.3. The van der Waals surface area contributed by atoms with Crippen LogP contribution in [0.4, 0.5) is 4.39 Å². The van der Waals surface area contributed by atoms with Crippen molar-refractivity contribution >= 4 is 35.2 Å². The van der Waals surface area contributed by atoms with Crippen molar-refractivity contribution in [3.63, 3.8) is 0 Å². The molecule has 2 aromatic carbocycles. The summed E-state index contributed by atoms with van der Waals surface area (Å²) in [6.45, 7) is 4.14. The van der Waals surface area contributed by atoms with Gasteiger partial charge in [0, 0.05) is 28.9 Å². The highest BCUT2D eigenvalue weighted by Gasteiger charge is 2.28. The number of carbonyl (C=O) groups excluding carboxylic acids is 2. The molecule has 0 radical (unpaired) electrons. The Hall–Kier alpha value is -2.05. The molecule has 33 heavy (non-hydrogen) atoms. The van der Waals surface area contributed by atoms with E-state index in [2.05, 4.69) is 5.32 Å². The second kappa shape index (κ2) is 12.4. The van der Waals surface area contributed by atoms with Crippen LogP contribution in [-0.4, -0.2) is 34.6 Å². The van der Waals surface area contributed by atoms with Gasteiger partial charge in [0.2, 0.25) is 11.8 Å². The van der Waals surface area contributed by atoms with Gasteiger partial charge in [-0.05, 0) is 44.4 Å². The van der Waals surface area contributed by atoms with Gasteiger partial charge in [-0.3, -0.25) is 9.59 Å². The molecule has 0 spiro atoms. The molecule has 0 aliphatic heterocycles. The third-order valence-electron chi connectivity index (χ3n) is 6.13. The van der Waals surface area contributed by atoms with E-state index in [1.807, 2.05) is 31.2 Å². The van der Waals surface area contributed by atoms with Crippen LogP contribution in [0, 0.1) is 12.7 Å². The molecular formula is C26H32ClFN2O2S. The average Bonchev–Trinajstić information content (AvgIpc) is 2.80. The minimum Gasteiger partial charge on any atom is -0.352 e. The number of nitrogens with zero attached hydrogens (tertiary/aromatic N) is 1. The predicted molar refractivity (Wildman–Crippen MR) is 134 cm³/mol. The number of benzene rings is 2. The third kappa shape index (κ3) is 7.47. The highest BCUT2D eigenvalue weighted by molar-refractivity contribution is 7.99. The zero-order chi connectivity index (χ0) is 23.8. The molecule has 0 unspecified atom stereocenters. The van der Waals surface area contributed by atoms with E-state index in [9.17, 15) is 14.0 Å². The number of hydrogen-bond donors (Lipinski definition) is 1. The highest BCUT2D eigenvalue weighted by atomic mass is 35.5. The van der Waals surface area contributed by atoms with E-state index < -0.39 is 6.04 Å². The van der Waals surface area contributed by atoms with Crippen molar-refractivity contribution in [2.75, 3.05) is 5.75 Å². The average molecular weight is 491 g/mol. The van der Waals surface area contributed by atoms with Crippen LogP contribution in [0.1, 0.15) is 55.7 Å². The number of carbonyl (C=O) groups is 2. The minimum atomic E-state index is -0.599. The molecule has 3 rings (SSSR count). The molecule has 1 fully saturated rings. The Labute approximate surface area is 205 Å². The Kier molecular flexibility index (Phi) is 9.63. The zero-order valence-corrected chi connectivity index (χ0v) is 20.9. The summed E-state index contributed by atoms with van der Waals surface area (Å²) in [4.78, 5) is 27.8. The van der Waals surface area contributed by atoms with E-state index in [-0.39, 0.29) is 35.2 Å². The van der Waals surface area contributed by atoms with Crippen LogP contribution in [0.25, 0.3) is 0 Å². The van der Waals surface area contributed by atoms with E-state index in [0.29, 0.717) is 17.1 Å². The SMILES string of the molecule is Cc1ccc(CN(C(=O)CSCc2c(F)cccc2Cl)[C@H](C)C(=O)NC2CCCCC2)cc1. The molecule has 2 aromatic rings. The Morgan fingerprint density at radius 1 is 1.15 bits per heavy atom. The summed E-state index contributed by atoms with van der Waals surface area (Å²) in [5.74, 6) is -0.224. The van der Waals surface area contributed by atoms with Gasteiger partial charge < -0.3 is 10.2 Å². The van der Waals surface area contributed by atoms with Crippen LogP contribution in [0.5, 0.6) is 0 Å². The van der Waals surface area contributed by atoms with E-state index in [1.165, 1.54) is 24.2 Å². The third-order valence-corrected chi connectivity index (χ3v) is 7.42. The van der Waals surface area contributed by atoms with Gasteiger partial charge in [-0.1, -0.05) is 66.8 Å². The second-order valence-electron chi connectivity index (χ2n) is 8.72. The van der Waals surface area contributed by atoms with Gasteiger partial charge >= 0.3 is 0 Å². The van der Waals surface area contributed by atoms with Crippen LogP contribution in [-0.2, 0) is 21.9 Å². The molecule has 0 bridgehead atoms. The van der Waals surface area contributed by atoms with E-state index in [1.54, 1.807) is 24.0 Å². The molecule has 0 aromatic heterocycles. The standard InChI is InChI=1S/C26H32ClFN2O2S/c1-18-11-13-20(14-12-18)15-30(19(2)26(32)29-21-7-4-3-5-8-21)25(31)17-33-16-22-23(27)9-6-10-24(22)28/h6,9-14,19,21H,3-5,7-8,15-17H2,1-2H3,(H,29,32)/t19-/m1/s1. The lowest BCUT2D eigenvalue weighted by Gasteiger charge is -2.31. The van der Waals surface area contributed by atoms with E-state index >= 15 is 0 Å². The smallest absolute Gasteiger partial charge is 0.242 e. The summed E-state index contributed by atoms with van der Waals surface area (Å²) in [7, 11) is 0. The minimum absolute atomic E-state index is 0.121. The van der Waals surface area contributed by atoms with Crippen molar-refractivity contribution in [3.8, 4) is 0 Å². The summed E-state index contributed by atoms with van der Waals surface area (Å²) in [5.41, 5.74) is 2.50. The maximum atomic E-state index is 14.1. The molecular weight excluding hydrogens is 459 g/mol. The number of nitrogens with one attached hydrogen (secondary N) is 1. The number of thioether (sulfide) groups is 1. The first-order chi connectivity index (χ1) is 15.8. The molecule has 7 heteroatoms. The summed E-state index contributed by atoms with van der Waals surface area (Å²) in [6, 6.07) is 12.1. The Bertz CT molecular complexity index is 928. The lowest BCUT2D eigenvalue weighted by molar-refractivity contribution is -0.139. The quantitative estimate of drug-likeness (QED) is 0.477. The molecule has 1 saturated carbocycles. The van der Waals surface area contributed by atoms with Crippen LogP contribution < -0.4 is 5.32 Å². The van der Waals surface area contributed by atoms with Gasteiger partial charge in [0.25, 0.3) is 0 Å². The summed E-state index contributed by atoms with van der Waals surface area (Å²) in [5, 5.41) is 3.49. The van der Waals surface area contributed by atoms with Gasteiger partial charge in [-0.25, -0.2) is 4.39 Å². The normalized spacial score (nSPS) is 15.2. The number of halogens is 2. The monoisotopic (exact) mass is 490 g/mol. The van der Waals surface area contributed by atoms with Crippen LogP contribution >= 0.6 is 23.4 Å². The Balaban J connectivity index is 1.67. The summed E-state index contributed by atoms with van der Waals surface area (Å²) >= 11 is 7.41. The fourth-order valence-electron chi connectivity index (χ4n) is 4.04. The lowest BCUT2D eigenvalue weighted by Crippen LogP contribution is -2.50. The molecule has 0 heterocycles. The maximum absolute atomic E-state index is 14.1.